The van der Waals surface area contributed by atoms with Crippen LogP contribution in [0.5, 0.6) is 5.75 Å². The van der Waals surface area contributed by atoms with E-state index in [1.54, 1.807) is 31.4 Å². The summed E-state index contributed by atoms with van der Waals surface area (Å²) in [6.45, 7) is 3.80. The lowest BCUT2D eigenvalue weighted by molar-refractivity contribution is -0.145. The third kappa shape index (κ3) is 4.72. The molecule has 3 saturated heterocycles. The normalized spacial score (nSPS) is 29.8. The minimum absolute atomic E-state index is 0.132. The first-order chi connectivity index (χ1) is 18.7. The van der Waals surface area contributed by atoms with Gasteiger partial charge in [0.05, 0.1) is 37.7 Å². The molecule has 5 rings (SSSR count). The SMILES string of the molecule is COc1ccc(NC(=O)C2N([C@@H](CO)C(C)C)C(=O)[C@@H]3[C@@H](C(=O)NCc4ccccc4)[C@@H]4OC23CC4Br)cc1. The van der Waals surface area contributed by atoms with Crippen LogP contribution in [0.1, 0.15) is 25.8 Å². The number of benzene rings is 2. The van der Waals surface area contributed by atoms with E-state index in [9.17, 15) is 19.5 Å². The van der Waals surface area contributed by atoms with Crippen LogP contribution in [-0.2, 0) is 25.7 Å². The number of ether oxygens (including phenoxy) is 2. The Hall–Kier alpha value is -2.95. The Morgan fingerprint density at radius 3 is 2.46 bits per heavy atom. The maximum Gasteiger partial charge on any atom is 0.250 e. The molecule has 3 N–H and O–H groups in total. The smallest absolute Gasteiger partial charge is 0.250 e. The van der Waals surface area contributed by atoms with Crippen LogP contribution in [0.15, 0.2) is 54.6 Å². The van der Waals surface area contributed by atoms with Crippen molar-refractivity contribution in [3.8, 4) is 5.75 Å². The molecule has 3 fully saturated rings. The molecular formula is C29H34BrN3O6. The molecule has 7 atom stereocenters. The zero-order chi connectivity index (χ0) is 27.9. The summed E-state index contributed by atoms with van der Waals surface area (Å²) in [7, 11) is 1.56. The van der Waals surface area contributed by atoms with Crippen LogP contribution in [0.2, 0.25) is 0 Å². The van der Waals surface area contributed by atoms with Crippen molar-refractivity contribution in [2.45, 2.75) is 55.4 Å². The molecule has 39 heavy (non-hydrogen) atoms. The van der Waals surface area contributed by atoms with Gasteiger partial charge in [0.25, 0.3) is 0 Å². The first-order valence-corrected chi connectivity index (χ1v) is 14.1. The molecule has 2 aromatic rings. The maximum atomic E-state index is 14.2. The molecule has 1 spiro atoms. The molecule has 0 aromatic heterocycles. The number of aliphatic hydroxyl groups is 1. The molecule has 10 heteroatoms. The molecule has 2 aromatic carbocycles. The van der Waals surface area contributed by atoms with Gasteiger partial charge in [-0.25, -0.2) is 0 Å². The van der Waals surface area contributed by atoms with Crippen LogP contribution in [0.4, 0.5) is 5.69 Å². The van der Waals surface area contributed by atoms with E-state index in [-0.39, 0.29) is 29.2 Å². The predicted molar refractivity (Wildman–Crippen MR) is 148 cm³/mol. The highest BCUT2D eigenvalue weighted by Crippen LogP contribution is 2.60. The van der Waals surface area contributed by atoms with Crippen LogP contribution in [0.25, 0.3) is 0 Å². The lowest BCUT2D eigenvalue weighted by Crippen LogP contribution is -2.57. The number of nitrogens with one attached hydrogen (secondary N) is 2. The van der Waals surface area contributed by atoms with Crippen molar-refractivity contribution < 1.29 is 29.0 Å². The van der Waals surface area contributed by atoms with E-state index in [0.717, 1.165) is 5.56 Å². The molecule has 3 unspecified atom stereocenters. The number of amides is 3. The molecule has 2 bridgehead atoms. The second-order valence-corrected chi connectivity index (χ2v) is 12.0. The van der Waals surface area contributed by atoms with E-state index in [0.29, 0.717) is 24.4 Å². The molecule has 9 nitrogen and oxygen atoms in total. The third-order valence-corrected chi connectivity index (χ3v) is 9.10. The highest BCUT2D eigenvalue weighted by Gasteiger charge is 2.77. The summed E-state index contributed by atoms with van der Waals surface area (Å²) < 4.78 is 11.7. The molecule has 0 aliphatic carbocycles. The average molecular weight is 601 g/mol. The first-order valence-electron chi connectivity index (χ1n) is 13.2. The van der Waals surface area contributed by atoms with Gasteiger partial charge < -0.3 is 30.1 Å². The fourth-order valence-corrected chi connectivity index (χ4v) is 7.37. The first kappa shape index (κ1) is 27.6. The molecule has 3 aliphatic heterocycles. The molecule has 3 heterocycles. The molecule has 208 valence electrons. The zero-order valence-electron chi connectivity index (χ0n) is 22.2. The van der Waals surface area contributed by atoms with Crippen LogP contribution in [-0.4, -0.2) is 70.1 Å². The van der Waals surface area contributed by atoms with Gasteiger partial charge in [0.1, 0.15) is 17.4 Å². The summed E-state index contributed by atoms with van der Waals surface area (Å²) in [5.74, 6) is -2.13. The van der Waals surface area contributed by atoms with Gasteiger partial charge in [-0.05, 0) is 42.2 Å². The topological polar surface area (TPSA) is 117 Å². The Labute approximate surface area is 236 Å². The van der Waals surface area contributed by atoms with Gasteiger partial charge in [0.15, 0.2) is 0 Å². The van der Waals surface area contributed by atoms with Crippen LogP contribution >= 0.6 is 15.9 Å². The number of carbonyl (C=O) groups excluding carboxylic acids is 3. The maximum absolute atomic E-state index is 14.2. The zero-order valence-corrected chi connectivity index (χ0v) is 23.8. The van der Waals surface area contributed by atoms with E-state index in [1.165, 1.54) is 4.90 Å². The number of nitrogens with zero attached hydrogens (tertiary/aromatic N) is 1. The number of alkyl halides is 1. The minimum atomic E-state index is -1.20. The predicted octanol–water partition coefficient (Wildman–Crippen LogP) is 2.72. The number of methoxy groups -OCH3 is 1. The van der Waals surface area contributed by atoms with Gasteiger partial charge in [-0.2, -0.15) is 0 Å². The van der Waals surface area contributed by atoms with Crippen molar-refractivity contribution in [3.05, 3.63) is 60.2 Å². The standard InChI is InChI=1S/C29H34BrN3O6/c1-16(2)21(15-34)33-25(27(36)32-18-9-11-19(38-3)12-10-18)29-13-20(30)24(39-29)22(23(29)28(33)37)26(35)31-14-17-7-5-4-6-8-17/h4-12,16,20-25,34H,13-15H2,1-3H3,(H,31,35)(H,32,36)/t20?,21-,22+,23-,24+,25?,29?/m0/s1. The largest absolute Gasteiger partial charge is 0.497 e. The minimum Gasteiger partial charge on any atom is -0.497 e. The summed E-state index contributed by atoms with van der Waals surface area (Å²) in [6.07, 6.45) is -0.163. The Morgan fingerprint density at radius 1 is 1.15 bits per heavy atom. The van der Waals surface area contributed by atoms with Crippen LogP contribution in [0.3, 0.4) is 0 Å². The highest BCUT2D eigenvalue weighted by molar-refractivity contribution is 9.09. The monoisotopic (exact) mass is 599 g/mol. The van der Waals surface area contributed by atoms with E-state index in [4.69, 9.17) is 9.47 Å². The lowest BCUT2D eigenvalue weighted by Gasteiger charge is -2.38. The molecule has 3 aliphatic rings. The van der Waals surface area contributed by atoms with Crippen LogP contribution < -0.4 is 15.4 Å². The number of hydrogen-bond donors (Lipinski definition) is 3. The molecule has 0 saturated carbocycles. The van der Waals surface area contributed by atoms with Crippen LogP contribution in [0, 0.1) is 17.8 Å². The number of hydrogen-bond acceptors (Lipinski definition) is 6. The molecule has 0 radical (unpaired) electrons. The Kier molecular flexibility index (Phi) is 7.72. The quantitative estimate of drug-likeness (QED) is 0.382. The number of likely N-dealkylation sites (tertiary alicyclic amines) is 1. The molecular weight excluding hydrogens is 566 g/mol. The Balaban J connectivity index is 1.48. The molecule has 3 amide bonds. The number of rotatable bonds is 9. The Morgan fingerprint density at radius 2 is 1.85 bits per heavy atom. The van der Waals surface area contributed by atoms with Crippen molar-refractivity contribution in [1.29, 1.82) is 0 Å². The number of carbonyl (C=O) groups is 3. The lowest BCUT2D eigenvalue weighted by atomic mass is 9.70. The number of fused-ring (bicyclic) bond motifs is 1. The fraction of sp³-hybridized carbons (Fsp3) is 0.483. The second kappa shape index (κ2) is 10.9. The van der Waals surface area contributed by atoms with Gasteiger partial charge in [-0.3, -0.25) is 14.4 Å². The fourth-order valence-electron chi connectivity index (χ4n) is 6.43. The number of anilines is 1. The summed E-state index contributed by atoms with van der Waals surface area (Å²) in [4.78, 5) is 43.0. The average Bonchev–Trinajstić information content (AvgIpc) is 3.52. The Bertz CT molecular complexity index is 1230. The van der Waals surface area contributed by atoms with Gasteiger partial charge in [-0.1, -0.05) is 60.1 Å². The van der Waals surface area contributed by atoms with Crippen molar-refractivity contribution in [3.63, 3.8) is 0 Å². The highest BCUT2D eigenvalue weighted by atomic mass is 79.9. The summed E-state index contributed by atoms with van der Waals surface area (Å²) in [6, 6.07) is 14.8. The van der Waals surface area contributed by atoms with E-state index in [1.807, 2.05) is 44.2 Å². The van der Waals surface area contributed by atoms with Crippen molar-refractivity contribution in [2.24, 2.45) is 17.8 Å². The van der Waals surface area contributed by atoms with Crippen molar-refractivity contribution in [2.75, 3.05) is 19.0 Å². The van der Waals surface area contributed by atoms with Gasteiger partial charge >= 0.3 is 0 Å². The van der Waals surface area contributed by atoms with Gasteiger partial charge in [-0.15, -0.1) is 0 Å². The van der Waals surface area contributed by atoms with Crippen molar-refractivity contribution >= 4 is 39.3 Å². The van der Waals surface area contributed by atoms with E-state index < -0.39 is 41.5 Å². The number of aliphatic hydroxyl groups excluding tert-OH is 1. The summed E-state index contributed by atoms with van der Waals surface area (Å²) in [5, 5.41) is 16.2. The second-order valence-electron chi connectivity index (χ2n) is 10.8. The summed E-state index contributed by atoms with van der Waals surface area (Å²) in [5.41, 5.74) is 0.276. The van der Waals surface area contributed by atoms with Gasteiger partial charge in [0, 0.05) is 17.1 Å². The van der Waals surface area contributed by atoms with E-state index >= 15 is 0 Å². The summed E-state index contributed by atoms with van der Waals surface area (Å²) >= 11 is 3.68. The third-order valence-electron chi connectivity index (χ3n) is 8.26. The number of halogens is 1. The van der Waals surface area contributed by atoms with Crippen molar-refractivity contribution in [1.82, 2.24) is 10.2 Å². The van der Waals surface area contributed by atoms with E-state index in [2.05, 4.69) is 26.6 Å². The van der Waals surface area contributed by atoms with Gasteiger partial charge in [0.2, 0.25) is 17.7 Å².